The molecule has 2 aliphatic heterocycles. The highest BCUT2D eigenvalue weighted by Crippen LogP contribution is 2.37. The number of amidine groups is 1. The molecule has 4 nitrogen and oxygen atoms in total. The van der Waals surface area contributed by atoms with Gasteiger partial charge in [-0.3, -0.25) is 4.99 Å². The Balaban J connectivity index is 1.66. The molecule has 2 atom stereocenters. The van der Waals surface area contributed by atoms with Gasteiger partial charge in [0.05, 0.1) is 23.6 Å². The van der Waals surface area contributed by atoms with Gasteiger partial charge in [-0.25, -0.2) is 8.42 Å². The molecule has 4 rings (SSSR count). The molecule has 142 valence electrons. The highest BCUT2D eigenvalue weighted by atomic mass is 32.2. The summed E-state index contributed by atoms with van der Waals surface area (Å²) in [4.78, 5) is 7.02. The summed E-state index contributed by atoms with van der Waals surface area (Å²) in [6.45, 7) is 6.24. The largest absolute Gasteiger partial charge is 0.315 e. The number of aryl methyl sites for hydroxylation is 3. The van der Waals surface area contributed by atoms with Crippen LogP contribution in [0.3, 0.4) is 0 Å². The first-order valence-corrected chi connectivity index (χ1v) is 12.0. The van der Waals surface area contributed by atoms with E-state index in [1.54, 1.807) is 11.8 Å². The van der Waals surface area contributed by atoms with E-state index in [1.807, 2.05) is 0 Å². The van der Waals surface area contributed by atoms with Crippen molar-refractivity contribution in [1.29, 1.82) is 0 Å². The number of rotatable bonds is 3. The average molecular weight is 401 g/mol. The second-order valence-corrected chi connectivity index (χ2v) is 10.7. The molecule has 2 aliphatic rings. The summed E-state index contributed by atoms with van der Waals surface area (Å²) in [5.41, 5.74) is 5.90. The smallest absolute Gasteiger partial charge is 0.164 e. The van der Waals surface area contributed by atoms with E-state index >= 15 is 0 Å². The van der Waals surface area contributed by atoms with Crippen molar-refractivity contribution >= 4 is 32.5 Å². The highest BCUT2D eigenvalue weighted by Gasteiger charge is 2.47. The standard InChI is InChI=1S/C21H24N2O2S2/c1-14-5-4-6-17(9-14)11-26-21-22-18-12-27(24,25)13-20(18)23(21)19-10-15(2)7-8-16(19)3/h4-10,18,20H,11-13H2,1-3H3/t18-,20+/m1/s1. The summed E-state index contributed by atoms with van der Waals surface area (Å²) in [5.74, 6) is 1.17. The Morgan fingerprint density at radius 3 is 2.63 bits per heavy atom. The van der Waals surface area contributed by atoms with Gasteiger partial charge in [-0.15, -0.1) is 0 Å². The fourth-order valence-electron chi connectivity index (χ4n) is 3.84. The van der Waals surface area contributed by atoms with Crippen molar-refractivity contribution < 1.29 is 8.42 Å². The molecule has 1 fully saturated rings. The molecule has 6 heteroatoms. The van der Waals surface area contributed by atoms with Crippen molar-refractivity contribution in [2.45, 2.75) is 38.6 Å². The van der Waals surface area contributed by atoms with Crippen LogP contribution in [0.15, 0.2) is 47.5 Å². The predicted octanol–water partition coefficient (Wildman–Crippen LogP) is 3.89. The summed E-state index contributed by atoms with van der Waals surface area (Å²) < 4.78 is 24.4. The summed E-state index contributed by atoms with van der Waals surface area (Å²) in [6, 6.07) is 14.6. The third-order valence-corrected chi connectivity index (χ3v) is 7.92. The first-order chi connectivity index (χ1) is 12.8. The van der Waals surface area contributed by atoms with E-state index in [4.69, 9.17) is 4.99 Å². The van der Waals surface area contributed by atoms with Gasteiger partial charge in [-0.1, -0.05) is 53.7 Å². The number of nitrogens with zero attached hydrogens (tertiary/aromatic N) is 2. The van der Waals surface area contributed by atoms with Crippen LogP contribution in [-0.2, 0) is 15.6 Å². The van der Waals surface area contributed by atoms with Gasteiger partial charge >= 0.3 is 0 Å². The minimum absolute atomic E-state index is 0.0875. The van der Waals surface area contributed by atoms with Crippen LogP contribution in [0.5, 0.6) is 0 Å². The van der Waals surface area contributed by atoms with Crippen LogP contribution >= 0.6 is 11.8 Å². The Bertz CT molecular complexity index is 1010. The van der Waals surface area contributed by atoms with E-state index in [0.29, 0.717) is 0 Å². The summed E-state index contributed by atoms with van der Waals surface area (Å²) in [7, 11) is -3.02. The van der Waals surface area contributed by atoms with Crippen LogP contribution in [0.25, 0.3) is 0 Å². The number of anilines is 1. The molecule has 27 heavy (non-hydrogen) atoms. The Morgan fingerprint density at radius 1 is 1.07 bits per heavy atom. The molecule has 0 N–H and O–H groups in total. The van der Waals surface area contributed by atoms with Crippen LogP contribution in [0.1, 0.15) is 22.3 Å². The average Bonchev–Trinajstić information content (AvgIpc) is 3.06. The van der Waals surface area contributed by atoms with E-state index in [0.717, 1.165) is 22.2 Å². The number of fused-ring (bicyclic) bond motifs is 1. The molecule has 2 aromatic rings. The molecule has 0 aliphatic carbocycles. The van der Waals surface area contributed by atoms with Crippen LogP contribution < -0.4 is 4.90 Å². The van der Waals surface area contributed by atoms with E-state index in [-0.39, 0.29) is 23.6 Å². The zero-order chi connectivity index (χ0) is 19.2. The minimum Gasteiger partial charge on any atom is -0.315 e. The van der Waals surface area contributed by atoms with Crippen LogP contribution in [0, 0.1) is 20.8 Å². The number of benzene rings is 2. The van der Waals surface area contributed by atoms with Crippen molar-refractivity contribution in [2.75, 3.05) is 16.4 Å². The van der Waals surface area contributed by atoms with Gasteiger partial charge in [0.15, 0.2) is 15.0 Å². The fraction of sp³-hybridized carbons (Fsp3) is 0.381. The molecular formula is C21H24N2O2S2. The van der Waals surface area contributed by atoms with Crippen molar-refractivity contribution in [2.24, 2.45) is 4.99 Å². The summed E-state index contributed by atoms with van der Waals surface area (Å²) >= 11 is 1.70. The number of aliphatic imine (C=N–C) groups is 1. The SMILES string of the molecule is Cc1cccc(CSC2=N[C@@H]3CS(=O)(=O)C[C@@H]3N2c2cc(C)ccc2C)c1. The molecular weight excluding hydrogens is 376 g/mol. The summed E-state index contributed by atoms with van der Waals surface area (Å²) in [6.07, 6.45) is 0. The number of hydrogen-bond acceptors (Lipinski definition) is 5. The maximum absolute atomic E-state index is 12.2. The lowest BCUT2D eigenvalue weighted by Crippen LogP contribution is -2.39. The first kappa shape index (κ1) is 18.6. The lowest BCUT2D eigenvalue weighted by atomic mass is 10.1. The lowest BCUT2D eigenvalue weighted by Gasteiger charge is -2.28. The molecule has 0 radical (unpaired) electrons. The third kappa shape index (κ3) is 3.78. The molecule has 0 amide bonds. The van der Waals surface area contributed by atoms with Crippen molar-refractivity contribution in [3.8, 4) is 0 Å². The number of hydrogen-bond donors (Lipinski definition) is 0. The molecule has 0 spiro atoms. The van der Waals surface area contributed by atoms with Crippen molar-refractivity contribution in [3.05, 3.63) is 64.7 Å². The zero-order valence-electron chi connectivity index (χ0n) is 15.8. The second-order valence-electron chi connectivity index (χ2n) is 7.56. The topological polar surface area (TPSA) is 49.7 Å². The van der Waals surface area contributed by atoms with Crippen LogP contribution in [0.2, 0.25) is 0 Å². The minimum atomic E-state index is -3.02. The second kappa shape index (κ2) is 6.99. The molecule has 0 unspecified atom stereocenters. The van der Waals surface area contributed by atoms with Gasteiger partial charge in [0.1, 0.15) is 0 Å². The monoisotopic (exact) mass is 400 g/mol. The van der Waals surface area contributed by atoms with Gasteiger partial charge in [0, 0.05) is 11.4 Å². The molecule has 2 aromatic carbocycles. The third-order valence-electron chi connectivity index (χ3n) is 5.18. The van der Waals surface area contributed by atoms with Gasteiger partial charge < -0.3 is 4.90 Å². The Labute approximate surface area is 165 Å². The maximum atomic E-state index is 12.2. The fourth-order valence-corrected chi connectivity index (χ4v) is 6.75. The molecule has 1 saturated heterocycles. The normalized spacial score (nSPS) is 23.4. The van der Waals surface area contributed by atoms with Crippen molar-refractivity contribution in [3.63, 3.8) is 0 Å². The zero-order valence-corrected chi connectivity index (χ0v) is 17.5. The van der Waals surface area contributed by atoms with E-state index in [2.05, 4.69) is 68.1 Å². The lowest BCUT2D eigenvalue weighted by molar-refractivity contribution is 0.601. The number of thioether (sulfide) groups is 1. The Kier molecular flexibility index (Phi) is 4.80. The van der Waals surface area contributed by atoms with Gasteiger partial charge in [0.25, 0.3) is 0 Å². The first-order valence-electron chi connectivity index (χ1n) is 9.15. The molecule has 2 heterocycles. The van der Waals surface area contributed by atoms with Crippen molar-refractivity contribution in [1.82, 2.24) is 0 Å². The summed E-state index contributed by atoms with van der Waals surface area (Å²) in [5, 5.41) is 0.940. The van der Waals surface area contributed by atoms with E-state index in [9.17, 15) is 8.42 Å². The molecule has 0 aromatic heterocycles. The van der Waals surface area contributed by atoms with Gasteiger partial charge in [-0.2, -0.15) is 0 Å². The van der Waals surface area contributed by atoms with Crippen LogP contribution in [-0.4, -0.2) is 37.2 Å². The molecule has 0 saturated carbocycles. The number of sulfone groups is 1. The van der Waals surface area contributed by atoms with Crippen LogP contribution in [0.4, 0.5) is 5.69 Å². The van der Waals surface area contributed by atoms with E-state index < -0.39 is 9.84 Å². The highest BCUT2D eigenvalue weighted by molar-refractivity contribution is 8.13. The van der Waals surface area contributed by atoms with Gasteiger partial charge in [0.2, 0.25) is 0 Å². The van der Waals surface area contributed by atoms with E-state index in [1.165, 1.54) is 16.7 Å². The van der Waals surface area contributed by atoms with Gasteiger partial charge in [-0.05, 0) is 43.5 Å². The Morgan fingerprint density at radius 2 is 1.85 bits per heavy atom. The molecule has 0 bridgehead atoms. The Hall–Kier alpha value is -1.79. The quantitative estimate of drug-likeness (QED) is 0.784. The predicted molar refractivity (Wildman–Crippen MR) is 115 cm³/mol. The maximum Gasteiger partial charge on any atom is 0.164 e.